The van der Waals surface area contributed by atoms with Gasteiger partial charge in [-0.25, -0.2) is 9.37 Å². The van der Waals surface area contributed by atoms with Crippen LogP contribution < -0.4 is 5.32 Å². The Balaban J connectivity index is 1.94. The van der Waals surface area contributed by atoms with Gasteiger partial charge in [-0.15, -0.1) is 0 Å². The van der Waals surface area contributed by atoms with Crippen molar-refractivity contribution in [3.8, 4) is 11.3 Å². The van der Waals surface area contributed by atoms with Gasteiger partial charge in [-0.3, -0.25) is 0 Å². The molecule has 4 heteroatoms. The number of piperidine rings is 1. The Morgan fingerprint density at radius 2 is 2.32 bits per heavy atom. The van der Waals surface area contributed by atoms with Crippen molar-refractivity contribution in [1.82, 2.24) is 14.9 Å². The lowest BCUT2D eigenvalue weighted by atomic mass is 9.99. The minimum Gasteiger partial charge on any atom is -0.327 e. The van der Waals surface area contributed by atoms with Crippen LogP contribution in [0.25, 0.3) is 11.3 Å². The van der Waals surface area contributed by atoms with Crippen LogP contribution in [0.15, 0.2) is 36.8 Å². The molecule has 1 aromatic carbocycles. The average molecular weight is 259 g/mol. The molecule has 2 unspecified atom stereocenters. The largest absolute Gasteiger partial charge is 0.327 e. The molecule has 100 valence electrons. The number of halogens is 1. The van der Waals surface area contributed by atoms with E-state index in [9.17, 15) is 4.39 Å². The third-order valence-corrected chi connectivity index (χ3v) is 3.78. The summed E-state index contributed by atoms with van der Waals surface area (Å²) >= 11 is 0. The standard InChI is InChI=1S/C15H18FN3/c1-11-7-14(5-6-18-11)19-10-17-9-15(19)12-3-2-4-13(16)8-12/h2-4,8-11,14,18H,5-7H2,1H3. The number of nitrogens with zero attached hydrogens (tertiary/aromatic N) is 2. The molecule has 0 saturated carbocycles. The minimum atomic E-state index is -0.205. The van der Waals surface area contributed by atoms with Crippen molar-refractivity contribution < 1.29 is 4.39 Å². The van der Waals surface area contributed by atoms with E-state index in [1.165, 1.54) is 6.07 Å². The zero-order chi connectivity index (χ0) is 13.2. The van der Waals surface area contributed by atoms with Crippen molar-refractivity contribution in [3.05, 3.63) is 42.6 Å². The van der Waals surface area contributed by atoms with Gasteiger partial charge in [0.25, 0.3) is 0 Å². The number of nitrogens with one attached hydrogen (secondary N) is 1. The molecule has 1 fully saturated rings. The highest BCUT2D eigenvalue weighted by Crippen LogP contribution is 2.28. The lowest BCUT2D eigenvalue weighted by Gasteiger charge is -2.30. The number of aromatic nitrogens is 2. The summed E-state index contributed by atoms with van der Waals surface area (Å²) in [4.78, 5) is 4.25. The van der Waals surface area contributed by atoms with Gasteiger partial charge in [-0.2, -0.15) is 0 Å². The van der Waals surface area contributed by atoms with E-state index in [-0.39, 0.29) is 5.82 Å². The monoisotopic (exact) mass is 259 g/mol. The molecular weight excluding hydrogens is 241 g/mol. The van der Waals surface area contributed by atoms with E-state index in [2.05, 4.69) is 21.8 Å². The molecule has 0 spiro atoms. The van der Waals surface area contributed by atoms with Crippen LogP contribution in [0.1, 0.15) is 25.8 Å². The first-order chi connectivity index (χ1) is 9.24. The maximum absolute atomic E-state index is 13.4. The predicted molar refractivity (Wildman–Crippen MR) is 73.4 cm³/mol. The zero-order valence-corrected chi connectivity index (χ0v) is 11.0. The number of hydrogen-bond donors (Lipinski definition) is 1. The molecule has 2 aromatic rings. The third-order valence-electron chi connectivity index (χ3n) is 3.78. The van der Waals surface area contributed by atoms with Crippen molar-refractivity contribution in [2.75, 3.05) is 6.54 Å². The first-order valence-electron chi connectivity index (χ1n) is 6.75. The van der Waals surface area contributed by atoms with E-state index in [1.54, 1.807) is 12.1 Å². The lowest BCUT2D eigenvalue weighted by Crippen LogP contribution is -2.36. The van der Waals surface area contributed by atoms with Crippen LogP contribution in [-0.2, 0) is 0 Å². The van der Waals surface area contributed by atoms with E-state index in [1.807, 2.05) is 18.6 Å². The van der Waals surface area contributed by atoms with Gasteiger partial charge in [0.1, 0.15) is 5.82 Å². The second-order valence-corrected chi connectivity index (χ2v) is 5.23. The maximum Gasteiger partial charge on any atom is 0.123 e. The van der Waals surface area contributed by atoms with Crippen molar-refractivity contribution in [3.63, 3.8) is 0 Å². The molecular formula is C15H18FN3. The Labute approximate surface area is 112 Å². The Morgan fingerprint density at radius 1 is 1.42 bits per heavy atom. The van der Waals surface area contributed by atoms with Crippen molar-refractivity contribution in [1.29, 1.82) is 0 Å². The van der Waals surface area contributed by atoms with Gasteiger partial charge in [0.05, 0.1) is 18.2 Å². The van der Waals surface area contributed by atoms with Crippen LogP contribution in [0.2, 0.25) is 0 Å². The predicted octanol–water partition coefficient (Wildman–Crippen LogP) is 3.00. The minimum absolute atomic E-state index is 0.205. The van der Waals surface area contributed by atoms with Crippen LogP contribution in [0.4, 0.5) is 4.39 Å². The summed E-state index contributed by atoms with van der Waals surface area (Å²) in [7, 11) is 0. The highest BCUT2D eigenvalue weighted by molar-refractivity contribution is 5.59. The number of rotatable bonds is 2. The summed E-state index contributed by atoms with van der Waals surface area (Å²) in [5.41, 5.74) is 1.89. The third kappa shape index (κ3) is 2.54. The second-order valence-electron chi connectivity index (χ2n) is 5.23. The van der Waals surface area contributed by atoms with E-state index in [0.29, 0.717) is 12.1 Å². The van der Waals surface area contributed by atoms with Crippen LogP contribution in [0.5, 0.6) is 0 Å². The van der Waals surface area contributed by atoms with Gasteiger partial charge in [0.2, 0.25) is 0 Å². The molecule has 2 atom stereocenters. The molecule has 0 radical (unpaired) electrons. The molecule has 1 saturated heterocycles. The van der Waals surface area contributed by atoms with Gasteiger partial charge in [-0.05, 0) is 38.4 Å². The highest BCUT2D eigenvalue weighted by Gasteiger charge is 2.21. The fraction of sp³-hybridized carbons (Fsp3) is 0.400. The first kappa shape index (κ1) is 12.4. The molecule has 1 aliphatic heterocycles. The van der Waals surface area contributed by atoms with Gasteiger partial charge >= 0.3 is 0 Å². The van der Waals surface area contributed by atoms with Gasteiger partial charge in [0, 0.05) is 17.6 Å². The van der Waals surface area contributed by atoms with Gasteiger partial charge < -0.3 is 9.88 Å². The van der Waals surface area contributed by atoms with Crippen molar-refractivity contribution in [2.24, 2.45) is 0 Å². The molecule has 19 heavy (non-hydrogen) atoms. The summed E-state index contributed by atoms with van der Waals surface area (Å²) in [6, 6.07) is 7.67. The molecule has 2 heterocycles. The fourth-order valence-electron chi connectivity index (χ4n) is 2.83. The second kappa shape index (κ2) is 5.13. The SMILES string of the molecule is CC1CC(n2cncc2-c2cccc(F)c2)CCN1. The van der Waals surface area contributed by atoms with E-state index in [0.717, 1.165) is 30.6 Å². The summed E-state index contributed by atoms with van der Waals surface area (Å²) in [6.45, 7) is 3.22. The van der Waals surface area contributed by atoms with Crippen molar-refractivity contribution >= 4 is 0 Å². The molecule has 1 N–H and O–H groups in total. The van der Waals surface area contributed by atoms with E-state index < -0.39 is 0 Å². The summed E-state index contributed by atoms with van der Waals surface area (Å²) < 4.78 is 15.5. The van der Waals surface area contributed by atoms with Crippen molar-refractivity contribution in [2.45, 2.75) is 31.8 Å². The van der Waals surface area contributed by atoms with Gasteiger partial charge in [-0.1, -0.05) is 12.1 Å². The molecule has 0 bridgehead atoms. The fourth-order valence-corrected chi connectivity index (χ4v) is 2.83. The molecule has 1 aliphatic rings. The Kier molecular flexibility index (Phi) is 3.34. The quantitative estimate of drug-likeness (QED) is 0.898. The Bertz CT molecular complexity index is 564. The molecule has 0 aliphatic carbocycles. The number of benzene rings is 1. The molecule has 3 rings (SSSR count). The normalized spacial score (nSPS) is 23.5. The smallest absolute Gasteiger partial charge is 0.123 e. The maximum atomic E-state index is 13.4. The first-order valence-corrected chi connectivity index (χ1v) is 6.75. The van der Waals surface area contributed by atoms with E-state index in [4.69, 9.17) is 0 Å². The van der Waals surface area contributed by atoms with Crippen LogP contribution in [0, 0.1) is 5.82 Å². The van der Waals surface area contributed by atoms with Crippen LogP contribution >= 0.6 is 0 Å². The molecule has 1 aromatic heterocycles. The average Bonchev–Trinajstić information content (AvgIpc) is 2.88. The molecule has 3 nitrogen and oxygen atoms in total. The summed E-state index contributed by atoms with van der Waals surface area (Å²) in [5, 5.41) is 3.45. The summed E-state index contributed by atoms with van der Waals surface area (Å²) in [5.74, 6) is -0.205. The Hall–Kier alpha value is -1.68. The molecule has 0 amide bonds. The number of hydrogen-bond acceptors (Lipinski definition) is 2. The zero-order valence-electron chi connectivity index (χ0n) is 11.0. The van der Waals surface area contributed by atoms with Crippen LogP contribution in [0.3, 0.4) is 0 Å². The van der Waals surface area contributed by atoms with E-state index >= 15 is 0 Å². The van der Waals surface area contributed by atoms with Crippen LogP contribution in [-0.4, -0.2) is 22.1 Å². The lowest BCUT2D eigenvalue weighted by molar-refractivity contribution is 0.315. The summed E-state index contributed by atoms with van der Waals surface area (Å²) in [6.07, 6.45) is 5.85. The number of imidazole rings is 1. The topological polar surface area (TPSA) is 29.9 Å². The Morgan fingerprint density at radius 3 is 3.11 bits per heavy atom. The van der Waals surface area contributed by atoms with Gasteiger partial charge in [0.15, 0.2) is 0 Å². The highest BCUT2D eigenvalue weighted by atomic mass is 19.1.